The molecule has 0 aromatic carbocycles. The summed E-state index contributed by atoms with van der Waals surface area (Å²) in [5, 5.41) is 6.59. The smallest absolute Gasteiger partial charge is 0.350 e. The minimum atomic E-state index is -0.514. The zero-order valence-electron chi connectivity index (χ0n) is 12.3. The van der Waals surface area contributed by atoms with Crippen molar-refractivity contribution < 1.29 is 14.3 Å². The fourth-order valence-electron chi connectivity index (χ4n) is 2.57. The van der Waals surface area contributed by atoms with Crippen LogP contribution in [0, 0.1) is 0 Å². The summed E-state index contributed by atoms with van der Waals surface area (Å²) < 4.78 is 4.72. The number of esters is 1. The third kappa shape index (κ3) is 3.29. The molecule has 1 aromatic rings. The Morgan fingerprint density at radius 3 is 2.52 bits per heavy atom. The predicted molar refractivity (Wildman–Crippen MR) is 84.0 cm³/mol. The molecule has 1 aromatic heterocycles. The van der Waals surface area contributed by atoms with Crippen LogP contribution in [0.15, 0.2) is 0 Å². The van der Waals surface area contributed by atoms with Crippen molar-refractivity contribution >= 4 is 33.9 Å². The van der Waals surface area contributed by atoms with Crippen molar-refractivity contribution in [3.05, 3.63) is 10.4 Å². The Labute approximate surface area is 128 Å². The molecule has 0 saturated heterocycles. The Morgan fingerprint density at radius 2 is 1.95 bits per heavy atom. The molecule has 0 radical (unpaired) electrons. The number of carbonyl (C=O) groups excluding carboxylic acids is 2. The van der Waals surface area contributed by atoms with E-state index in [9.17, 15) is 9.59 Å². The molecule has 0 spiro atoms. The molecule has 1 saturated carbocycles. The summed E-state index contributed by atoms with van der Waals surface area (Å²) in [4.78, 5) is 24.1. The molecule has 2 rings (SSSR count). The molecule has 1 heterocycles. The number of methoxy groups -OCH3 is 1. The zero-order valence-corrected chi connectivity index (χ0v) is 13.1. The number of hydrogen-bond donors (Lipinski definition) is 3. The highest BCUT2D eigenvalue weighted by Gasteiger charge is 2.27. The summed E-state index contributed by atoms with van der Waals surface area (Å²) in [5.41, 5.74) is 6.50. The lowest BCUT2D eigenvalue weighted by molar-refractivity contribution is 0.0607. The average molecular weight is 311 g/mol. The van der Waals surface area contributed by atoms with Crippen LogP contribution >= 0.6 is 11.3 Å². The highest BCUT2D eigenvalue weighted by molar-refractivity contribution is 7.19. The van der Waals surface area contributed by atoms with Gasteiger partial charge in [-0.25, -0.2) is 4.79 Å². The fraction of sp³-hybridized carbons (Fsp3) is 0.571. The molecular formula is C14H21N3O3S. The van der Waals surface area contributed by atoms with E-state index in [0.717, 1.165) is 12.8 Å². The minimum absolute atomic E-state index is 0.185. The van der Waals surface area contributed by atoms with E-state index in [0.29, 0.717) is 16.6 Å². The number of anilines is 2. The van der Waals surface area contributed by atoms with Crippen LogP contribution in [0.5, 0.6) is 0 Å². The lowest BCUT2D eigenvalue weighted by atomic mass is 9.95. The zero-order chi connectivity index (χ0) is 15.4. The molecule has 6 nitrogen and oxygen atoms in total. The SMILES string of the molecule is CNC(=O)c1c(NC2CCCCC2)sc(C(=O)OC)c1N. The molecule has 7 heteroatoms. The van der Waals surface area contributed by atoms with Crippen molar-refractivity contribution in [3.8, 4) is 0 Å². The molecule has 1 amide bonds. The van der Waals surface area contributed by atoms with Gasteiger partial charge in [-0.1, -0.05) is 19.3 Å². The second kappa shape index (κ2) is 6.80. The number of thiophene rings is 1. The van der Waals surface area contributed by atoms with Crippen molar-refractivity contribution in [3.63, 3.8) is 0 Å². The number of nitrogen functional groups attached to an aromatic ring is 1. The summed E-state index contributed by atoms with van der Waals surface area (Å²) in [5.74, 6) is -0.809. The van der Waals surface area contributed by atoms with Crippen LogP contribution in [0.2, 0.25) is 0 Å². The van der Waals surface area contributed by atoms with E-state index in [1.807, 2.05) is 0 Å². The van der Waals surface area contributed by atoms with E-state index in [1.165, 1.54) is 37.7 Å². The van der Waals surface area contributed by atoms with Crippen LogP contribution in [0.25, 0.3) is 0 Å². The van der Waals surface area contributed by atoms with Gasteiger partial charge >= 0.3 is 5.97 Å². The Kier molecular flexibility index (Phi) is 5.06. The molecule has 116 valence electrons. The molecule has 4 N–H and O–H groups in total. The second-order valence-electron chi connectivity index (χ2n) is 5.10. The molecular weight excluding hydrogens is 290 g/mol. The van der Waals surface area contributed by atoms with Gasteiger partial charge in [-0.15, -0.1) is 11.3 Å². The third-order valence-electron chi connectivity index (χ3n) is 3.71. The van der Waals surface area contributed by atoms with E-state index >= 15 is 0 Å². The lowest BCUT2D eigenvalue weighted by Crippen LogP contribution is -2.25. The first kappa shape index (κ1) is 15.6. The molecule has 1 aliphatic carbocycles. The second-order valence-corrected chi connectivity index (χ2v) is 6.12. The van der Waals surface area contributed by atoms with E-state index in [2.05, 4.69) is 10.6 Å². The van der Waals surface area contributed by atoms with Gasteiger partial charge in [0.25, 0.3) is 5.91 Å². The number of ether oxygens (including phenoxy) is 1. The summed E-state index contributed by atoms with van der Waals surface area (Å²) >= 11 is 1.18. The van der Waals surface area contributed by atoms with Gasteiger partial charge in [-0.05, 0) is 12.8 Å². The number of rotatable bonds is 4. The number of nitrogens with one attached hydrogen (secondary N) is 2. The van der Waals surface area contributed by atoms with Crippen molar-refractivity contribution in [2.24, 2.45) is 0 Å². The Morgan fingerprint density at radius 1 is 1.29 bits per heavy atom. The summed E-state index contributed by atoms with van der Waals surface area (Å²) in [6.07, 6.45) is 5.74. The molecule has 0 atom stereocenters. The minimum Gasteiger partial charge on any atom is -0.465 e. The lowest BCUT2D eigenvalue weighted by Gasteiger charge is -2.23. The first-order valence-electron chi connectivity index (χ1n) is 7.07. The van der Waals surface area contributed by atoms with E-state index in [4.69, 9.17) is 10.5 Å². The Bertz CT molecular complexity index is 536. The Balaban J connectivity index is 2.33. The van der Waals surface area contributed by atoms with Crippen LogP contribution in [0.1, 0.15) is 52.1 Å². The van der Waals surface area contributed by atoms with Gasteiger partial charge in [0.15, 0.2) is 0 Å². The number of amides is 1. The summed E-state index contributed by atoms with van der Waals surface area (Å²) in [7, 11) is 2.84. The maximum absolute atomic E-state index is 12.0. The number of hydrogen-bond acceptors (Lipinski definition) is 6. The van der Waals surface area contributed by atoms with Crippen LogP contribution in [0.4, 0.5) is 10.7 Å². The van der Waals surface area contributed by atoms with E-state index in [-0.39, 0.29) is 16.5 Å². The van der Waals surface area contributed by atoms with Crippen LogP contribution in [-0.4, -0.2) is 32.1 Å². The maximum Gasteiger partial charge on any atom is 0.350 e. The van der Waals surface area contributed by atoms with Crippen molar-refractivity contribution in [1.82, 2.24) is 5.32 Å². The standard InChI is InChI=1S/C14H21N3O3S/c1-16-12(18)9-10(15)11(14(19)20-2)21-13(9)17-8-6-4-3-5-7-8/h8,17H,3-7,15H2,1-2H3,(H,16,18). The van der Waals surface area contributed by atoms with Gasteiger partial charge in [0.2, 0.25) is 0 Å². The van der Waals surface area contributed by atoms with Gasteiger partial charge in [0.1, 0.15) is 9.88 Å². The Hall–Kier alpha value is -1.76. The normalized spacial score (nSPS) is 15.5. The van der Waals surface area contributed by atoms with Crippen LogP contribution in [0.3, 0.4) is 0 Å². The van der Waals surface area contributed by atoms with E-state index < -0.39 is 5.97 Å². The van der Waals surface area contributed by atoms with Gasteiger partial charge in [-0.3, -0.25) is 4.79 Å². The molecule has 0 aliphatic heterocycles. The predicted octanol–water partition coefficient (Wildman–Crippen LogP) is 2.22. The van der Waals surface area contributed by atoms with Crippen LogP contribution in [-0.2, 0) is 4.74 Å². The molecule has 1 aliphatic rings. The van der Waals surface area contributed by atoms with Gasteiger partial charge in [0, 0.05) is 13.1 Å². The van der Waals surface area contributed by atoms with Crippen molar-refractivity contribution in [2.45, 2.75) is 38.1 Å². The van der Waals surface area contributed by atoms with Gasteiger partial charge in [-0.2, -0.15) is 0 Å². The topological polar surface area (TPSA) is 93.5 Å². The van der Waals surface area contributed by atoms with Crippen molar-refractivity contribution in [1.29, 1.82) is 0 Å². The van der Waals surface area contributed by atoms with Crippen molar-refractivity contribution in [2.75, 3.05) is 25.2 Å². The maximum atomic E-state index is 12.0. The quantitative estimate of drug-likeness (QED) is 0.741. The number of carbonyl (C=O) groups is 2. The van der Waals surface area contributed by atoms with Crippen LogP contribution < -0.4 is 16.4 Å². The molecule has 0 unspecified atom stereocenters. The average Bonchev–Trinajstić information content (AvgIpc) is 2.83. The summed E-state index contributed by atoms with van der Waals surface area (Å²) in [6, 6.07) is 0.325. The highest BCUT2D eigenvalue weighted by atomic mass is 32.1. The van der Waals surface area contributed by atoms with Gasteiger partial charge < -0.3 is 21.1 Å². The summed E-state index contributed by atoms with van der Waals surface area (Å²) in [6.45, 7) is 0. The van der Waals surface area contributed by atoms with Gasteiger partial charge in [0.05, 0.1) is 18.4 Å². The highest BCUT2D eigenvalue weighted by Crippen LogP contribution is 2.37. The first-order valence-corrected chi connectivity index (χ1v) is 7.89. The first-order chi connectivity index (χ1) is 10.1. The number of nitrogens with two attached hydrogens (primary N) is 1. The molecule has 0 bridgehead atoms. The molecule has 21 heavy (non-hydrogen) atoms. The third-order valence-corrected chi connectivity index (χ3v) is 4.83. The van der Waals surface area contributed by atoms with E-state index in [1.54, 1.807) is 7.05 Å². The molecule has 1 fully saturated rings. The fourth-order valence-corrected chi connectivity index (χ4v) is 3.69. The largest absolute Gasteiger partial charge is 0.465 e. The monoisotopic (exact) mass is 311 g/mol.